The monoisotopic (exact) mass is 299 g/mol. The highest BCUT2D eigenvalue weighted by Gasteiger charge is 2.09. The molecule has 0 fully saturated rings. The first kappa shape index (κ1) is 12.2. The maximum Gasteiger partial charge on any atom is 0.227 e. The molecule has 90 valence electrons. The van der Waals surface area contributed by atoms with Gasteiger partial charge < -0.3 is 10.3 Å². The van der Waals surface area contributed by atoms with Crippen molar-refractivity contribution < 1.29 is 8.91 Å². The van der Waals surface area contributed by atoms with Crippen LogP contribution in [0.4, 0.5) is 4.39 Å². The molecule has 2 rings (SSSR count). The molecular weight excluding hydrogens is 289 g/mol. The van der Waals surface area contributed by atoms with Crippen LogP contribution in [0.15, 0.2) is 27.2 Å². The fourth-order valence-corrected chi connectivity index (χ4v) is 1.88. The third-order valence-corrected chi connectivity index (χ3v) is 2.64. The van der Waals surface area contributed by atoms with E-state index in [1.165, 1.54) is 12.1 Å². The summed E-state index contributed by atoms with van der Waals surface area (Å²) in [5.41, 5.74) is 5.97. The lowest BCUT2D eigenvalue weighted by Crippen LogP contribution is -2.00. The first-order valence-corrected chi connectivity index (χ1v) is 5.97. The summed E-state index contributed by atoms with van der Waals surface area (Å²) < 4.78 is 18.9. The SMILES string of the molecule is NCCCc1nc(-c2cc(F)cc(Br)c2)no1. The van der Waals surface area contributed by atoms with Gasteiger partial charge in [-0.25, -0.2) is 4.39 Å². The summed E-state index contributed by atoms with van der Waals surface area (Å²) in [6.07, 6.45) is 1.43. The number of nitrogens with two attached hydrogens (primary N) is 1. The molecular formula is C11H11BrFN3O. The van der Waals surface area contributed by atoms with E-state index in [1.807, 2.05) is 0 Å². The van der Waals surface area contributed by atoms with Crippen molar-refractivity contribution in [3.05, 3.63) is 34.4 Å². The zero-order chi connectivity index (χ0) is 12.3. The largest absolute Gasteiger partial charge is 0.339 e. The molecule has 17 heavy (non-hydrogen) atoms. The van der Waals surface area contributed by atoms with E-state index in [9.17, 15) is 4.39 Å². The summed E-state index contributed by atoms with van der Waals surface area (Å²) in [4.78, 5) is 4.18. The van der Waals surface area contributed by atoms with Crippen molar-refractivity contribution in [3.63, 3.8) is 0 Å². The van der Waals surface area contributed by atoms with Crippen LogP contribution in [0, 0.1) is 5.82 Å². The molecule has 0 radical (unpaired) electrons. The highest BCUT2D eigenvalue weighted by atomic mass is 79.9. The van der Waals surface area contributed by atoms with E-state index in [0.717, 1.165) is 6.42 Å². The van der Waals surface area contributed by atoms with E-state index in [-0.39, 0.29) is 5.82 Å². The van der Waals surface area contributed by atoms with Crippen LogP contribution in [0.1, 0.15) is 12.3 Å². The molecule has 1 heterocycles. The van der Waals surface area contributed by atoms with E-state index >= 15 is 0 Å². The zero-order valence-corrected chi connectivity index (χ0v) is 10.6. The Balaban J connectivity index is 2.24. The van der Waals surface area contributed by atoms with Crippen LogP contribution in [0.5, 0.6) is 0 Å². The second-order valence-electron chi connectivity index (χ2n) is 3.56. The molecule has 0 saturated heterocycles. The number of rotatable bonds is 4. The third-order valence-electron chi connectivity index (χ3n) is 2.18. The zero-order valence-electron chi connectivity index (χ0n) is 8.99. The molecule has 0 saturated carbocycles. The van der Waals surface area contributed by atoms with Gasteiger partial charge in [0.25, 0.3) is 0 Å². The number of hydrogen-bond donors (Lipinski definition) is 1. The molecule has 2 N–H and O–H groups in total. The maximum atomic E-state index is 13.2. The van der Waals surface area contributed by atoms with Crippen molar-refractivity contribution in [2.24, 2.45) is 5.73 Å². The number of nitrogens with zero attached hydrogens (tertiary/aromatic N) is 2. The molecule has 0 aliphatic heterocycles. The van der Waals surface area contributed by atoms with Crippen molar-refractivity contribution in [1.82, 2.24) is 10.1 Å². The maximum absolute atomic E-state index is 13.2. The van der Waals surface area contributed by atoms with Crippen LogP contribution in [0.2, 0.25) is 0 Å². The van der Waals surface area contributed by atoms with Crippen LogP contribution < -0.4 is 5.73 Å². The Labute approximate surface area is 106 Å². The van der Waals surface area contributed by atoms with Gasteiger partial charge in [-0.2, -0.15) is 4.98 Å². The summed E-state index contributed by atoms with van der Waals surface area (Å²) in [6.45, 7) is 0.573. The smallest absolute Gasteiger partial charge is 0.227 e. The number of hydrogen-bond acceptors (Lipinski definition) is 4. The fraction of sp³-hybridized carbons (Fsp3) is 0.273. The average molecular weight is 300 g/mol. The Kier molecular flexibility index (Phi) is 3.86. The lowest BCUT2D eigenvalue weighted by Gasteiger charge is -1.96. The van der Waals surface area contributed by atoms with Gasteiger partial charge in [0.15, 0.2) is 0 Å². The summed E-state index contributed by atoms with van der Waals surface area (Å²) in [7, 11) is 0. The molecule has 6 heteroatoms. The van der Waals surface area contributed by atoms with Crippen LogP contribution in [0.25, 0.3) is 11.4 Å². The fourth-order valence-electron chi connectivity index (χ4n) is 1.41. The van der Waals surface area contributed by atoms with E-state index in [2.05, 4.69) is 26.1 Å². The Hall–Kier alpha value is -1.27. The number of halogens is 2. The lowest BCUT2D eigenvalue weighted by atomic mass is 10.2. The molecule has 4 nitrogen and oxygen atoms in total. The minimum atomic E-state index is -0.345. The van der Waals surface area contributed by atoms with Gasteiger partial charge in [0.1, 0.15) is 5.82 Å². The molecule has 0 bridgehead atoms. The molecule has 0 amide bonds. The van der Waals surface area contributed by atoms with Gasteiger partial charge >= 0.3 is 0 Å². The van der Waals surface area contributed by atoms with E-state index in [1.54, 1.807) is 6.07 Å². The van der Waals surface area contributed by atoms with E-state index in [4.69, 9.17) is 10.3 Å². The Bertz CT molecular complexity index is 495. The van der Waals surface area contributed by atoms with Gasteiger partial charge in [0, 0.05) is 16.5 Å². The Morgan fingerprint density at radius 3 is 2.88 bits per heavy atom. The van der Waals surface area contributed by atoms with Crippen LogP contribution in [0.3, 0.4) is 0 Å². The predicted molar refractivity (Wildman–Crippen MR) is 64.8 cm³/mol. The first-order chi connectivity index (χ1) is 8.19. The predicted octanol–water partition coefficient (Wildman–Crippen LogP) is 2.53. The van der Waals surface area contributed by atoms with Crippen LogP contribution in [-0.2, 0) is 6.42 Å². The van der Waals surface area contributed by atoms with Crippen molar-refractivity contribution in [1.29, 1.82) is 0 Å². The normalized spacial score (nSPS) is 10.8. The quantitative estimate of drug-likeness (QED) is 0.942. The molecule has 0 aliphatic carbocycles. The third kappa shape index (κ3) is 3.10. The molecule has 1 aromatic carbocycles. The first-order valence-electron chi connectivity index (χ1n) is 5.18. The van der Waals surface area contributed by atoms with Gasteiger partial charge in [-0.1, -0.05) is 21.1 Å². The molecule has 1 aromatic heterocycles. The second kappa shape index (κ2) is 5.37. The highest BCUT2D eigenvalue weighted by molar-refractivity contribution is 9.10. The van der Waals surface area contributed by atoms with Crippen LogP contribution >= 0.6 is 15.9 Å². The van der Waals surface area contributed by atoms with Gasteiger partial charge in [-0.3, -0.25) is 0 Å². The average Bonchev–Trinajstić information content (AvgIpc) is 2.73. The minimum Gasteiger partial charge on any atom is -0.339 e. The molecule has 0 aliphatic rings. The lowest BCUT2D eigenvalue weighted by molar-refractivity contribution is 0.376. The standard InChI is InChI=1S/C11H11BrFN3O/c12-8-4-7(5-9(13)6-8)11-15-10(17-16-11)2-1-3-14/h4-6H,1-3,14H2. The molecule has 0 spiro atoms. The van der Waals surface area contributed by atoms with Crippen molar-refractivity contribution in [2.75, 3.05) is 6.54 Å². The molecule has 0 unspecified atom stereocenters. The van der Waals surface area contributed by atoms with Gasteiger partial charge in [-0.15, -0.1) is 0 Å². The van der Waals surface area contributed by atoms with Gasteiger partial charge in [0.2, 0.25) is 11.7 Å². The number of benzene rings is 1. The Morgan fingerprint density at radius 1 is 1.35 bits per heavy atom. The number of aryl methyl sites for hydroxylation is 1. The van der Waals surface area contributed by atoms with Crippen molar-refractivity contribution >= 4 is 15.9 Å². The Morgan fingerprint density at radius 2 is 2.18 bits per heavy atom. The summed E-state index contributed by atoms with van der Waals surface area (Å²) in [5.74, 6) is 0.561. The van der Waals surface area contributed by atoms with Crippen molar-refractivity contribution in [3.8, 4) is 11.4 Å². The van der Waals surface area contributed by atoms with Crippen molar-refractivity contribution in [2.45, 2.75) is 12.8 Å². The van der Waals surface area contributed by atoms with E-state index in [0.29, 0.717) is 34.7 Å². The summed E-state index contributed by atoms with van der Waals surface area (Å²) in [5, 5.41) is 3.81. The second-order valence-corrected chi connectivity index (χ2v) is 4.48. The van der Waals surface area contributed by atoms with Gasteiger partial charge in [0.05, 0.1) is 0 Å². The van der Waals surface area contributed by atoms with Crippen LogP contribution in [-0.4, -0.2) is 16.7 Å². The van der Waals surface area contributed by atoms with E-state index < -0.39 is 0 Å². The topological polar surface area (TPSA) is 64.9 Å². The molecule has 2 aromatic rings. The molecule has 0 atom stereocenters. The van der Waals surface area contributed by atoms with Gasteiger partial charge in [-0.05, 0) is 31.2 Å². The number of aromatic nitrogens is 2. The summed E-state index contributed by atoms with van der Waals surface area (Å²) >= 11 is 3.22. The summed E-state index contributed by atoms with van der Waals surface area (Å²) in [6, 6.07) is 4.47. The highest BCUT2D eigenvalue weighted by Crippen LogP contribution is 2.22. The minimum absolute atomic E-state index is 0.345.